The van der Waals surface area contributed by atoms with E-state index in [9.17, 15) is 9.59 Å². The molecule has 0 bridgehead atoms. The molecule has 5 nitrogen and oxygen atoms in total. The van der Waals surface area contributed by atoms with Gasteiger partial charge in [-0.2, -0.15) is 0 Å². The van der Waals surface area contributed by atoms with Gasteiger partial charge in [0, 0.05) is 32.6 Å². The smallest absolute Gasteiger partial charge is 0.221 e. The number of rotatable bonds is 7. The van der Waals surface area contributed by atoms with Crippen LogP contribution in [0.1, 0.15) is 51.4 Å². The number of nitrogens with one attached hydrogen (secondary N) is 2. The molecular formula is C20H30N2O3. The van der Waals surface area contributed by atoms with E-state index in [0.717, 1.165) is 38.5 Å². The highest BCUT2D eigenvalue weighted by Crippen LogP contribution is 2.24. The first-order valence-corrected chi connectivity index (χ1v) is 9.64. The van der Waals surface area contributed by atoms with Crippen molar-refractivity contribution in [1.29, 1.82) is 0 Å². The van der Waals surface area contributed by atoms with E-state index >= 15 is 0 Å². The van der Waals surface area contributed by atoms with Crippen LogP contribution in [0, 0.1) is 11.8 Å². The quantitative estimate of drug-likeness (QED) is 0.696. The summed E-state index contributed by atoms with van der Waals surface area (Å²) in [7, 11) is 0. The minimum absolute atomic E-state index is 0.0791. The first-order chi connectivity index (χ1) is 12.2. The SMILES string of the molecule is O=C(C[C@@H]1C=CCC1)NCC1(NC(=O)C[C@H]2C=CCC2)CCOCC1. The lowest BCUT2D eigenvalue weighted by molar-refractivity contribution is -0.127. The molecule has 3 rings (SSSR count). The lowest BCUT2D eigenvalue weighted by Crippen LogP contribution is -2.58. The Hall–Kier alpha value is -1.62. The van der Waals surface area contributed by atoms with Crippen LogP contribution in [0.25, 0.3) is 0 Å². The molecule has 2 amide bonds. The van der Waals surface area contributed by atoms with Crippen LogP contribution in [0.5, 0.6) is 0 Å². The van der Waals surface area contributed by atoms with E-state index in [2.05, 4.69) is 34.9 Å². The molecule has 0 saturated carbocycles. The molecule has 1 aliphatic heterocycles. The molecule has 0 aromatic carbocycles. The fourth-order valence-electron chi connectivity index (χ4n) is 4.00. The number of amides is 2. The Morgan fingerprint density at radius 3 is 2.12 bits per heavy atom. The molecule has 2 atom stereocenters. The predicted molar refractivity (Wildman–Crippen MR) is 96.9 cm³/mol. The van der Waals surface area contributed by atoms with Gasteiger partial charge in [0.2, 0.25) is 11.8 Å². The Morgan fingerprint density at radius 2 is 1.56 bits per heavy atom. The van der Waals surface area contributed by atoms with Gasteiger partial charge in [0.15, 0.2) is 0 Å². The first kappa shape index (κ1) is 18.2. The zero-order valence-corrected chi connectivity index (χ0v) is 15.0. The van der Waals surface area contributed by atoms with Crippen molar-refractivity contribution in [2.75, 3.05) is 19.8 Å². The third-order valence-electron chi connectivity index (χ3n) is 5.60. The van der Waals surface area contributed by atoms with E-state index in [1.807, 2.05) is 0 Å². The summed E-state index contributed by atoms with van der Waals surface area (Å²) in [5.41, 5.74) is -0.362. The minimum Gasteiger partial charge on any atom is -0.381 e. The molecule has 2 N–H and O–H groups in total. The zero-order chi connectivity index (χ0) is 17.5. The second kappa shape index (κ2) is 8.65. The average molecular weight is 346 g/mol. The van der Waals surface area contributed by atoms with Gasteiger partial charge >= 0.3 is 0 Å². The van der Waals surface area contributed by atoms with Gasteiger partial charge in [-0.3, -0.25) is 9.59 Å². The largest absolute Gasteiger partial charge is 0.381 e. The highest BCUT2D eigenvalue weighted by Gasteiger charge is 2.35. The van der Waals surface area contributed by atoms with E-state index in [1.165, 1.54) is 0 Å². The number of hydrogen-bond donors (Lipinski definition) is 2. The van der Waals surface area contributed by atoms with Crippen molar-refractivity contribution in [2.45, 2.75) is 56.9 Å². The Bertz CT molecular complexity index is 535. The second-order valence-corrected chi connectivity index (χ2v) is 7.66. The third-order valence-corrected chi connectivity index (χ3v) is 5.60. The number of hydrogen-bond acceptors (Lipinski definition) is 3. The van der Waals surface area contributed by atoms with Gasteiger partial charge in [0.1, 0.15) is 0 Å². The van der Waals surface area contributed by atoms with Crippen molar-refractivity contribution in [3.05, 3.63) is 24.3 Å². The van der Waals surface area contributed by atoms with Crippen LogP contribution in [-0.2, 0) is 14.3 Å². The number of allylic oxidation sites excluding steroid dienone is 4. The monoisotopic (exact) mass is 346 g/mol. The highest BCUT2D eigenvalue weighted by atomic mass is 16.5. The van der Waals surface area contributed by atoms with E-state index in [4.69, 9.17) is 4.74 Å². The van der Waals surface area contributed by atoms with Crippen LogP contribution < -0.4 is 10.6 Å². The number of carbonyl (C=O) groups excluding carboxylic acids is 2. The Morgan fingerprint density at radius 1 is 0.960 bits per heavy atom. The lowest BCUT2D eigenvalue weighted by atomic mass is 9.89. The van der Waals surface area contributed by atoms with Crippen LogP contribution in [0.2, 0.25) is 0 Å². The predicted octanol–water partition coefficient (Wildman–Crippen LogP) is 2.48. The van der Waals surface area contributed by atoms with Crippen molar-refractivity contribution in [2.24, 2.45) is 11.8 Å². The van der Waals surface area contributed by atoms with Crippen LogP contribution in [0.3, 0.4) is 0 Å². The molecule has 2 aliphatic carbocycles. The van der Waals surface area contributed by atoms with Crippen LogP contribution in [0.4, 0.5) is 0 Å². The fourth-order valence-corrected chi connectivity index (χ4v) is 4.00. The van der Waals surface area contributed by atoms with Gasteiger partial charge in [-0.1, -0.05) is 24.3 Å². The second-order valence-electron chi connectivity index (χ2n) is 7.66. The summed E-state index contributed by atoms with van der Waals surface area (Å²) in [4.78, 5) is 24.7. The van der Waals surface area contributed by atoms with E-state index < -0.39 is 0 Å². The lowest BCUT2D eigenvalue weighted by Gasteiger charge is -2.38. The van der Waals surface area contributed by atoms with Crippen LogP contribution in [-0.4, -0.2) is 37.1 Å². The van der Waals surface area contributed by atoms with Crippen molar-refractivity contribution >= 4 is 11.8 Å². The van der Waals surface area contributed by atoms with Gasteiger partial charge in [-0.15, -0.1) is 0 Å². The van der Waals surface area contributed by atoms with Crippen molar-refractivity contribution in [3.8, 4) is 0 Å². The standard InChI is InChI=1S/C20H30N2O3/c23-18(13-16-5-1-2-6-16)21-15-20(9-11-25-12-10-20)22-19(24)14-17-7-3-4-8-17/h1,3,5,7,16-17H,2,4,6,8-15H2,(H,21,23)(H,22,24)/t16-,17+/m1/s1. The summed E-state index contributed by atoms with van der Waals surface area (Å²) in [6, 6.07) is 0. The summed E-state index contributed by atoms with van der Waals surface area (Å²) in [6.07, 6.45) is 15.5. The summed E-state index contributed by atoms with van der Waals surface area (Å²) < 4.78 is 5.47. The van der Waals surface area contributed by atoms with Crippen LogP contribution >= 0.6 is 0 Å². The zero-order valence-electron chi connectivity index (χ0n) is 15.0. The molecule has 1 saturated heterocycles. The van der Waals surface area contributed by atoms with Gasteiger partial charge in [-0.25, -0.2) is 0 Å². The maximum atomic E-state index is 12.5. The maximum Gasteiger partial charge on any atom is 0.221 e. The van der Waals surface area contributed by atoms with E-state index in [1.54, 1.807) is 0 Å². The molecular weight excluding hydrogens is 316 g/mol. The van der Waals surface area contributed by atoms with E-state index in [-0.39, 0.29) is 17.4 Å². The van der Waals surface area contributed by atoms with Gasteiger partial charge < -0.3 is 15.4 Å². The number of ether oxygens (including phenoxy) is 1. The summed E-state index contributed by atoms with van der Waals surface area (Å²) in [5, 5.41) is 6.29. The molecule has 0 aromatic heterocycles. The molecule has 0 radical (unpaired) electrons. The van der Waals surface area contributed by atoms with Gasteiger partial charge in [0.25, 0.3) is 0 Å². The molecule has 138 valence electrons. The molecule has 25 heavy (non-hydrogen) atoms. The van der Waals surface area contributed by atoms with Crippen LogP contribution in [0.15, 0.2) is 24.3 Å². The maximum absolute atomic E-state index is 12.5. The molecule has 5 heteroatoms. The van der Waals surface area contributed by atoms with Crippen molar-refractivity contribution in [3.63, 3.8) is 0 Å². The van der Waals surface area contributed by atoms with E-state index in [0.29, 0.717) is 44.4 Å². The number of carbonyl (C=O) groups is 2. The van der Waals surface area contributed by atoms with Crippen molar-refractivity contribution in [1.82, 2.24) is 10.6 Å². The summed E-state index contributed by atoms with van der Waals surface area (Å²) >= 11 is 0. The highest BCUT2D eigenvalue weighted by molar-refractivity contribution is 5.78. The van der Waals surface area contributed by atoms with Gasteiger partial charge in [-0.05, 0) is 50.4 Å². The summed E-state index contributed by atoms with van der Waals surface area (Å²) in [6.45, 7) is 1.76. The molecule has 3 aliphatic rings. The Balaban J connectivity index is 1.50. The minimum atomic E-state index is -0.362. The molecule has 0 aromatic rings. The fraction of sp³-hybridized carbons (Fsp3) is 0.700. The third kappa shape index (κ3) is 5.43. The molecule has 0 spiro atoms. The topological polar surface area (TPSA) is 67.4 Å². The normalized spacial score (nSPS) is 27.4. The first-order valence-electron chi connectivity index (χ1n) is 9.64. The average Bonchev–Trinajstić information content (AvgIpc) is 3.28. The molecule has 0 unspecified atom stereocenters. The molecule has 1 heterocycles. The van der Waals surface area contributed by atoms with Gasteiger partial charge in [0.05, 0.1) is 5.54 Å². The summed E-state index contributed by atoms with van der Waals surface area (Å²) in [5.74, 6) is 0.900. The Kier molecular flexibility index (Phi) is 6.29. The Labute approximate surface area is 150 Å². The molecule has 1 fully saturated rings. The van der Waals surface area contributed by atoms with Crippen molar-refractivity contribution < 1.29 is 14.3 Å².